The predicted octanol–water partition coefficient (Wildman–Crippen LogP) is 5.06. The number of carbonyl (C=O) groups excluding carboxylic acids is 2. The topological polar surface area (TPSA) is 58.6 Å². The van der Waals surface area contributed by atoms with Crippen molar-refractivity contribution in [2.24, 2.45) is 0 Å². The molecule has 2 amide bonds. The Bertz CT molecular complexity index is 1080. The second kappa shape index (κ2) is 12.2. The lowest BCUT2D eigenvalue weighted by molar-refractivity contribution is -0.141. The van der Waals surface area contributed by atoms with Crippen LogP contribution >= 0.6 is 11.6 Å². The Hall–Kier alpha value is -3.31. The van der Waals surface area contributed by atoms with E-state index in [2.05, 4.69) is 5.32 Å². The number of benzene rings is 3. The molecule has 0 aliphatic carbocycles. The Labute approximate surface area is 206 Å². The lowest BCUT2D eigenvalue weighted by Gasteiger charge is -2.32. The van der Waals surface area contributed by atoms with Crippen LogP contribution in [-0.2, 0) is 29.0 Å². The molecule has 5 nitrogen and oxygen atoms in total. The van der Waals surface area contributed by atoms with Gasteiger partial charge in [0.05, 0.1) is 13.5 Å². The molecular formula is C28H31ClN2O3. The zero-order valence-electron chi connectivity index (χ0n) is 19.8. The average Bonchev–Trinajstić information content (AvgIpc) is 2.83. The van der Waals surface area contributed by atoms with Crippen molar-refractivity contribution in [2.45, 2.75) is 45.3 Å². The molecule has 0 fully saturated rings. The van der Waals surface area contributed by atoms with Gasteiger partial charge in [0.1, 0.15) is 11.8 Å². The summed E-state index contributed by atoms with van der Waals surface area (Å²) in [5.74, 6) is 0.390. The third kappa shape index (κ3) is 7.09. The van der Waals surface area contributed by atoms with Crippen LogP contribution < -0.4 is 10.1 Å². The molecule has 0 radical (unpaired) electrons. The van der Waals surface area contributed by atoms with Crippen LogP contribution in [0, 0.1) is 0 Å². The first-order valence-electron chi connectivity index (χ1n) is 11.4. The number of nitrogens with zero attached hydrogens (tertiary/aromatic N) is 1. The van der Waals surface area contributed by atoms with Crippen molar-refractivity contribution in [2.75, 3.05) is 7.11 Å². The van der Waals surface area contributed by atoms with Gasteiger partial charge in [-0.2, -0.15) is 0 Å². The zero-order valence-corrected chi connectivity index (χ0v) is 20.6. The maximum absolute atomic E-state index is 13.7. The van der Waals surface area contributed by atoms with Crippen LogP contribution in [0.1, 0.15) is 30.5 Å². The van der Waals surface area contributed by atoms with E-state index in [1.807, 2.05) is 86.6 Å². The molecule has 3 aromatic rings. The standard InChI is InChI=1S/C28H31ClN2O3/c1-20(2)30-28(33)26(17-21-9-5-4-6-10-21)31(19-23-11-7-8-12-25(23)29)27(32)18-22-13-15-24(34-3)16-14-22/h4-16,20,26H,17-19H2,1-3H3,(H,30,33). The molecule has 178 valence electrons. The molecule has 34 heavy (non-hydrogen) atoms. The monoisotopic (exact) mass is 478 g/mol. The Morgan fingerprint density at radius 1 is 0.912 bits per heavy atom. The lowest BCUT2D eigenvalue weighted by atomic mass is 10.0. The van der Waals surface area contributed by atoms with Crippen molar-refractivity contribution in [3.05, 3.63) is 101 Å². The van der Waals surface area contributed by atoms with Crippen LogP contribution in [0.5, 0.6) is 5.75 Å². The van der Waals surface area contributed by atoms with Gasteiger partial charge in [0.15, 0.2) is 0 Å². The summed E-state index contributed by atoms with van der Waals surface area (Å²) in [4.78, 5) is 28.7. The van der Waals surface area contributed by atoms with Gasteiger partial charge in [-0.25, -0.2) is 0 Å². The number of hydrogen-bond acceptors (Lipinski definition) is 3. The highest BCUT2D eigenvalue weighted by molar-refractivity contribution is 6.31. The number of rotatable bonds is 10. The van der Waals surface area contributed by atoms with E-state index in [1.54, 1.807) is 18.1 Å². The first-order chi connectivity index (χ1) is 16.4. The largest absolute Gasteiger partial charge is 0.497 e. The van der Waals surface area contributed by atoms with Gasteiger partial charge in [-0.05, 0) is 48.7 Å². The fourth-order valence-corrected chi connectivity index (χ4v) is 3.96. The minimum atomic E-state index is -0.688. The second-order valence-corrected chi connectivity index (χ2v) is 8.91. The highest BCUT2D eigenvalue weighted by Crippen LogP contribution is 2.22. The van der Waals surface area contributed by atoms with Gasteiger partial charge in [-0.15, -0.1) is 0 Å². The summed E-state index contributed by atoms with van der Waals surface area (Å²) in [5.41, 5.74) is 2.62. The molecule has 0 aromatic heterocycles. The number of amides is 2. The van der Waals surface area contributed by atoms with Gasteiger partial charge in [-0.1, -0.05) is 72.3 Å². The molecule has 0 spiro atoms. The number of carbonyl (C=O) groups is 2. The van der Waals surface area contributed by atoms with E-state index in [4.69, 9.17) is 16.3 Å². The van der Waals surface area contributed by atoms with Crippen molar-refractivity contribution < 1.29 is 14.3 Å². The molecule has 1 atom stereocenters. The molecule has 0 saturated carbocycles. The molecular weight excluding hydrogens is 448 g/mol. The molecule has 1 unspecified atom stereocenters. The normalized spacial score (nSPS) is 11.7. The third-order valence-electron chi connectivity index (χ3n) is 5.51. The minimum Gasteiger partial charge on any atom is -0.497 e. The van der Waals surface area contributed by atoms with Crippen LogP contribution in [-0.4, -0.2) is 35.9 Å². The van der Waals surface area contributed by atoms with Crippen molar-refractivity contribution >= 4 is 23.4 Å². The molecule has 0 heterocycles. The highest BCUT2D eigenvalue weighted by atomic mass is 35.5. The second-order valence-electron chi connectivity index (χ2n) is 8.51. The Morgan fingerprint density at radius 3 is 2.18 bits per heavy atom. The third-order valence-corrected chi connectivity index (χ3v) is 5.88. The molecule has 1 N–H and O–H groups in total. The Kier molecular flexibility index (Phi) is 9.11. The predicted molar refractivity (Wildman–Crippen MR) is 136 cm³/mol. The van der Waals surface area contributed by atoms with E-state index in [-0.39, 0.29) is 30.8 Å². The molecule has 0 aliphatic heterocycles. The summed E-state index contributed by atoms with van der Waals surface area (Å²) in [6.45, 7) is 4.06. The zero-order chi connectivity index (χ0) is 24.5. The number of methoxy groups -OCH3 is 1. The summed E-state index contributed by atoms with van der Waals surface area (Å²) < 4.78 is 5.22. The van der Waals surface area contributed by atoms with Gasteiger partial charge in [0.2, 0.25) is 11.8 Å². The molecule has 0 bridgehead atoms. The number of ether oxygens (including phenoxy) is 1. The summed E-state index contributed by atoms with van der Waals surface area (Å²) in [6.07, 6.45) is 0.562. The molecule has 3 rings (SSSR count). The average molecular weight is 479 g/mol. The highest BCUT2D eigenvalue weighted by Gasteiger charge is 2.31. The van der Waals surface area contributed by atoms with E-state index in [9.17, 15) is 9.59 Å². The SMILES string of the molecule is COc1ccc(CC(=O)N(Cc2ccccc2Cl)C(Cc2ccccc2)C(=O)NC(C)C)cc1. The minimum absolute atomic E-state index is 0.0513. The molecule has 0 aliphatic rings. The Balaban J connectivity index is 1.96. The molecule has 0 saturated heterocycles. The van der Waals surface area contributed by atoms with E-state index < -0.39 is 6.04 Å². The van der Waals surface area contributed by atoms with E-state index >= 15 is 0 Å². The first-order valence-corrected chi connectivity index (χ1v) is 11.7. The Morgan fingerprint density at radius 2 is 1.56 bits per heavy atom. The summed E-state index contributed by atoms with van der Waals surface area (Å²) in [6, 6.07) is 23.8. The maximum Gasteiger partial charge on any atom is 0.243 e. The van der Waals surface area contributed by atoms with Gasteiger partial charge < -0.3 is 15.0 Å². The van der Waals surface area contributed by atoms with Crippen molar-refractivity contribution in [1.82, 2.24) is 10.2 Å². The van der Waals surface area contributed by atoms with Gasteiger partial charge >= 0.3 is 0 Å². The number of halogens is 1. The maximum atomic E-state index is 13.7. The van der Waals surface area contributed by atoms with Crippen LogP contribution in [0.15, 0.2) is 78.9 Å². The van der Waals surface area contributed by atoms with Gasteiger partial charge in [0.25, 0.3) is 0 Å². The van der Waals surface area contributed by atoms with E-state index in [0.717, 1.165) is 22.4 Å². The lowest BCUT2D eigenvalue weighted by Crippen LogP contribution is -2.52. The number of nitrogens with one attached hydrogen (secondary N) is 1. The smallest absolute Gasteiger partial charge is 0.243 e. The van der Waals surface area contributed by atoms with Crippen LogP contribution in [0.2, 0.25) is 5.02 Å². The summed E-state index contributed by atoms with van der Waals surface area (Å²) in [7, 11) is 1.60. The van der Waals surface area contributed by atoms with E-state index in [0.29, 0.717) is 11.4 Å². The molecule has 3 aromatic carbocycles. The fraction of sp³-hybridized carbons (Fsp3) is 0.286. The first kappa shape index (κ1) is 25.3. The van der Waals surface area contributed by atoms with Crippen LogP contribution in [0.4, 0.5) is 0 Å². The number of hydrogen-bond donors (Lipinski definition) is 1. The summed E-state index contributed by atoms with van der Waals surface area (Å²) in [5, 5.41) is 3.56. The summed E-state index contributed by atoms with van der Waals surface area (Å²) >= 11 is 6.44. The van der Waals surface area contributed by atoms with Crippen molar-refractivity contribution in [3.63, 3.8) is 0 Å². The van der Waals surface area contributed by atoms with E-state index in [1.165, 1.54) is 0 Å². The fourth-order valence-electron chi connectivity index (χ4n) is 3.76. The quantitative estimate of drug-likeness (QED) is 0.443. The van der Waals surface area contributed by atoms with Crippen LogP contribution in [0.25, 0.3) is 0 Å². The molecule has 6 heteroatoms. The van der Waals surface area contributed by atoms with Gasteiger partial charge in [0, 0.05) is 24.0 Å². The van der Waals surface area contributed by atoms with Crippen LogP contribution in [0.3, 0.4) is 0 Å². The van der Waals surface area contributed by atoms with Crippen molar-refractivity contribution in [3.8, 4) is 5.75 Å². The van der Waals surface area contributed by atoms with Crippen molar-refractivity contribution in [1.29, 1.82) is 0 Å². The van der Waals surface area contributed by atoms with Gasteiger partial charge in [-0.3, -0.25) is 9.59 Å².